The van der Waals surface area contributed by atoms with Crippen LogP contribution in [0, 0.1) is 0 Å². The van der Waals surface area contributed by atoms with Gasteiger partial charge in [-0.25, -0.2) is 0 Å². The number of hydrogen-bond donors (Lipinski definition) is 1. The van der Waals surface area contributed by atoms with E-state index in [9.17, 15) is 4.79 Å². The summed E-state index contributed by atoms with van der Waals surface area (Å²) < 4.78 is 7.50. The number of carbonyl (C=O) groups excluding carboxylic acids is 1. The number of nitrogens with one attached hydrogen (secondary N) is 1. The molecule has 0 aliphatic heterocycles. The zero-order chi connectivity index (χ0) is 22.5. The second-order valence-corrected chi connectivity index (χ2v) is 9.12. The van der Waals surface area contributed by atoms with Crippen LogP contribution in [0.25, 0.3) is 11.4 Å². The minimum absolute atomic E-state index is 0.0630. The van der Waals surface area contributed by atoms with Gasteiger partial charge in [0.25, 0.3) is 0 Å². The highest BCUT2D eigenvalue weighted by Gasteiger charge is 2.22. The summed E-state index contributed by atoms with van der Waals surface area (Å²) in [5.41, 5.74) is 1.94. The van der Waals surface area contributed by atoms with Crippen molar-refractivity contribution < 1.29 is 9.21 Å². The fourth-order valence-corrected chi connectivity index (χ4v) is 4.24. The Morgan fingerprint density at radius 1 is 1.06 bits per heavy atom. The molecule has 2 unspecified atom stereocenters. The van der Waals surface area contributed by atoms with E-state index < -0.39 is 0 Å². The summed E-state index contributed by atoms with van der Waals surface area (Å²) >= 11 is 7.41. The molecule has 164 valence electrons. The van der Waals surface area contributed by atoms with Crippen LogP contribution in [-0.4, -0.2) is 25.9 Å². The van der Waals surface area contributed by atoms with Crippen LogP contribution >= 0.6 is 23.4 Å². The summed E-state index contributed by atoms with van der Waals surface area (Å²) in [4.78, 5) is 12.9. The maximum atomic E-state index is 12.9. The summed E-state index contributed by atoms with van der Waals surface area (Å²) in [5, 5.41) is 12.8. The number of furan rings is 1. The smallest absolute Gasteiger partial charge is 0.233 e. The molecule has 0 fully saturated rings. The zero-order valence-electron chi connectivity index (χ0n) is 17.7. The predicted molar refractivity (Wildman–Crippen MR) is 127 cm³/mol. The van der Waals surface area contributed by atoms with Gasteiger partial charge in [-0.2, -0.15) is 0 Å². The molecule has 0 spiro atoms. The molecular formula is C24H23ClN4O2S. The van der Waals surface area contributed by atoms with E-state index in [0.29, 0.717) is 22.5 Å². The van der Waals surface area contributed by atoms with E-state index in [1.165, 1.54) is 11.8 Å². The molecule has 32 heavy (non-hydrogen) atoms. The first-order valence-electron chi connectivity index (χ1n) is 10.2. The fourth-order valence-electron chi connectivity index (χ4n) is 3.26. The summed E-state index contributed by atoms with van der Waals surface area (Å²) in [5.74, 6) is 1.40. The van der Waals surface area contributed by atoms with E-state index in [-0.39, 0.29) is 17.2 Å². The largest absolute Gasteiger partial charge is 0.467 e. The Morgan fingerprint density at radius 2 is 1.81 bits per heavy atom. The van der Waals surface area contributed by atoms with Gasteiger partial charge in [0.1, 0.15) is 5.76 Å². The number of benzene rings is 2. The lowest BCUT2D eigenvalue weighted by Crippen LogP contribution is -2.33. The number of nitrogens with zero attached hydrogens (tertiary/aromatic N) is 3. The average Bonchev–Trinajstić information content (AvgIpc) is 3.46. The quantitative estimate of drug-likeness (QED) is 0.342. The van der Waals surface area contributed by atoms with E-state index in [1.54, 1.807) is 6.26 Å². The van der Waals surface area contributed by atoms with E-state index in [1.807, 2.05) is 85.1 Å². The fraction of sp³-hybridized carbons (Fsp3) is 0.208. The molecule has 0 radical (unpaired) electrons. The number of halogens is 1. The Balaban J connectivity index is 1.54. The van der Waals surface area contributed by atoms with Crippen molar-refractivity contribution in [3.05, 3.63) is 89.3 Å². The minimum Gasteiger partial charge on any atom is -0.467 e. The molecule has 2 heterocycles. The van der Waals surface area contributed by atoms with Gasteiger partial charge in [-0.05, 0) is 55.8 Å². The van der Waals surface area contributed by atoms with Crippen LogP contribution in [0.2, 0.25) is 5.02 Å². The molecule has 1 N–H and O–H groups in total. The minimum atomic E-state index is -0.362. The number of rotatable bonds is 8. The van der Waals surface area contributed by atoms with Gasteiger partial charge in [0, 0.05) is 10.6 Å². The number of amides is 1. The van der Waals surface area contributed by atoms with Crippen LogP contribution in [0.15, 0.2) is 82.6 Å². The van der Waals surface area contributed by atoms with Gasteiger partial charge in [-0.3, -0.25) is 9.36 Å². The lowest BCUT2D eigenvalue weighted by atomic mass is 10.1. The molecule has 2 aromatic heterocycles. The third-order valence-electron chi connectivity index (χ3n) is 5.02. The van der Waals surface area contributed by atoms with Gasteiger partial charge in [0.2, 0.25) is 5.91 Å². The van der Waals surface area contributed by atoms with Crippen molar-refractivity contribution in [2.45, 2.75) is 36.8 Å². The molecular weight excluding hydrogens is 444 g/mol. The number of hydrogen-bond acceptors (Lipinski definition) is 5. The third-order valence-corrected chi connectivity index (χ3v) is 6.36. The highest BCUT2D eigenvalue weighted by Crippen LogP contribution is 2.29. The van der Waals surface area contributed by atoms with Crippen LogP contribution in [0.4, 0.5) is 0 Å². The van der Waals surface area contributed by atoms with Crippen LogP contribution in [0.5, 0.6) is 0 Å². The topological polar surface area (TPSA) is 73.0 Å². The molecule has 2 aromatic carbocycles. The third kappa shape index (κ3) is 5.23. The molecule has 6 nitrogen and oxygen atoms in total. The standard InChI is InChI=1S/C24H23ClN4O2S/c1-16(18-7-4-3-5-8-18)26-23(30)17(2)32-24-28-27-22(19-10-12-20(25)13-11-19)29(24)15-21-9-6-14-31-21/h3-14,16-17H,15H2,1-2H3,(H,26,30). The van der Waals surface area contributed by atoms with Crippen molar-refractivity contribution in [1.82, 2.24) is 20.1 Å². The van der Waals surface area contributed by atoms with Crippen LogP contribution in [0.1, 0.15) is 31.2 Å². The molecule has 0 aliphatic rings. The Bertz CT molecular complexity index is 1160. The second kappa shape index (κ2) is 10.1. The molecule has 0 saturated carbocycles. The normalized spacial score (nSPS) is 13.0. The molecule has 0 aliphatic carbocycles. The monoisotopic (exact) mass is 466 g/mol. The molecule has 4 rings (SSSR count). The maximum absolute atomic E-state index is 12.9. The molecule has 4 aromatic rings. The van der Waals surface area contributed by atoms with Gasteiger partial charge >= 0.3 is 0 Å². The van der Waals surface area contributed by atoms with Crippen LogP contribution < -0.4 is 5.32 Å². The van der Waals surface area contributed by atoms with Crippen molar-refractivity contribution in [1.29, 1.82) is 0 Å². The molecule has 0 bridgehead atoms. The molecule has 2 atom stereocenters. The Hall–Kier alpha value is -3.03. The zero-order valence-corrected chi connectivity index (χ0v) is 19.3. The number of aromatic nitrogens is 3. The van der Waals surface area contributed by atoms with Crippen molar-refractivity contribution in [3.8, 4) is 11.4 Å². The van der Waals surface area contributed by atoms with Gasteiger partial charge in [-0.15, -0.1) is 10.2 Å². The summed E-state index contributed by atoms with van der Waals surface area (Å²) in [6.45, 7) is 4.29. The first kappa shape index (κ1) is 22.2. The Morgan fingerprint density at radius 3 is 2.50 bits per heavy atom. The van der Waals surface area contributed by atoms with Crippen molar-refractivity contribution in [2.24, 2.45) is 0 Å². The average molecular weight is 467 g/mol. The van der Waals surface area contributed by atoms with Crippen molar-refractivity contribution >= 4 is 29.3 Å². The molecule has 0 saturated heterocycles. The highest BCUT2D eigenvalue weighted by molar-refractivity contribution is 8.00. The van der Waals surface area contributed by atoms with Gasteiger partial charge in [-0.1, -0.05) is 53.7 Å². The summed E-state index contributed by atoms with van der Waals surface area (Å²) in [6, 6.07) is 21.0. The summed E-state index contributed by atoms with van der Waals surface area (Å²) in [6.07, 6.45) is 1.63. The Labute approximate surface area is 196 Å². The maximum Gasteiger partial charge on any atom is 0.233 e. The van der Waals surface area contributed by atoms with E-state index in [4.69, 9.17) is 16.0 Å². The molecule has 8 heteroatoms. The van der Waals surface area contributed by atoms with Crippen LogP contribution in [-0.2, 0) is 11.3 Å². The van der Waals surface area contributed by atoms with Gasteiger partial charge in [0.15, 0.2) is 11.0 Å². The SMILES string of the molecule is CC(Sc1nnc(-c2ccc(Cl)cc2)n1Cc1ccco1)C(=O)NC(C)c1ccccc1. The highest BCUT2D eigenvalue weighted by atomic mass is 35.5. The van der Waals surface area contributed by atoms with E-state index in [2.05, 4.69) is 15.5 Å². The lowest BCUT2D eigenvalue weighted by Gasteiger charge is -2.18. The van der Waals surface area contributed by atoms with Crippen molar-refractivity contribution in [2.75, 3.05) is 0 Å². The Kier molecular flexibility index (Phi) is 6.97. The van der Waals surface area contributed by atoms with Crippen LogP contribution in [0.3, 0.4) is 0 Å². The first-order chi connectivity index (χ1) is 15.5. The van der Waals surface area contributed by atoms with E-state index >= 15 is 0 Å². The molecule has 1 amide bonds. The first-order valence-corrected chi connectivity index (χ1v) is 11.5. The van der Waals surface area contributed by atoms with Gasteiger partial charge < -0.3 is 9.73 Å². The summed E-state index contributed by atoms with van der Waals surface area (Å²) in [7, 11) is 0. The number of carbonyl (C=O) groups is 1. The van der Waals surface area contributed by atoms with E-state index in [0.717, 1.165) is 16.9 Å². The lowest BCUT2D eigenvalue weighted by molar-refractivity contribution is -0.120. The predicted octanol–water partition coefficient (Wildman–Crippen LogP) is 5.60. The van der Waals surface area contributed by atoms with Gasteiger partial charge in [0.05, 0.1) is 24.1 Å². The second-order valence-electron chi connectivity index (χ2n) is 7.38. The number of thioether (sulfide) groups is 1. The van der Waals surface area contributed by atoms with Crippen molar-refractivity contribution in [3.63, 3.8) is 0 Å².